The van der Waals surface area contributed by atoms with Crippen molar-refractivity contribution >= 4 is 5.91 Å². The summed E-state index contributed by atoms with van der Waals surface area (Å²) in [5.74, 6) is -0.303. The van der Waals surface area contributed by atoms with Gasteiger partial charge in [0.05, 0.1) is 11.1 Å². The third-order valence-electron chi connectivity index (χ3n) is 3.35. The topological polar surface area (TPSA) is 94.9 Å². The Labute approximate surface area is 139 Å². The SMILES string of the molecule is NC(=O)c1ccc(-c2nc(Cc3cccc(C(F)(F)F)c3)no2)nc1. The summed E-state index contributed by atoms with van der Waals surface area (Å²) in [6, 6.07) is 7.85. The number of carbonyl (C=O) groups is 1. The maximum absolute atomic E-state index is 12.7. The van der Waals surface area contributed by atoms with Gasteiger partial charge in [-0.3, -0.25) is 9.78 Å². The van der Waals surface area contributed by atoms with Gasteiger partial charge in [-0.05, 0) is 23.8 Å². The van der Waals surface area contributed by atoms with Crippen LogP contribution in [0.1, 0.15) is 27.3 Å². The first kappa shape index (κ1) is 16.6. The molecule has 2 heterocycles. The zero-order valence-electron chi connectivity index (χ0n) is 12.6. The van der Waals surface area contributed by atoms with Gasteiger partial charge in [-0.2, -0.15) is 18.2 Å². The fourth-order valence-electron chi connectivity index (χ4n) is 2.14. The standard InChI is InChI=1S/C16H11F3N4O2/c17-16(18,19)11-3-1-2-9(6-11)7-13-22-15(25-23-13)12-5-4-10(8-21-12)14(20)24/h1-6,8H,7H2,(H2,20,24). The van der Waals surface area contributed by atoms with E-state index in [1.807, 2.05) is 0 Å². The fourth-order valence-corrected chi connectivity index (χ4v) is 2.14. The van der Waals surface area contributed by atoms with E-state index in [0.717, 1.165) is 12.1 Å². The summed E-state index contributed by atoms with van der Waals surface area (Å²) >= 11 is 0. The minimum atomic E-state index is -4.41. The van der Waals surface area contributed by atoms with Crippen LogP contribution in [0.25, 0.3) is 11.6 Å². The molecular weight excluding hydrogens is 337 g/mol. The summed E-state index contributed by atoms with van der Waals surface area (Å²) in [6.45, 7) is 0. The first-order chi connectivity index (χ1) is 11.8. The van der Waals surface area contributed by atoms with Crippen LogP contribution in [0.2, 0.25) is 0 Å². The van der Waals surface area contributed by atoms with Crippen molar-refractivity contribution in [2.75, 3.05) is 0 Å². The summed E-state index contributed by atoms with van der Waals surface area (Å²) in [7, 11) is 0. The second-order valence-electron chi connectivity index (χ2n) is 5.19. The van der Waals surface area contributed by atoms with Gasteiger partial charge in [-0.15, -0.1) is 0 Å². The van der Waals surface area contributed by atoms with E-state index < -0.39 is 17.6 Å². The van der Waals surface area contributed by atoms with Crippen molar-refractivity contribution in [3.05, 3.63) is 65.1 Å². The van der Waals surface area contributed by atoms with E-state index in [2.05, 4.69) is 15.1 Å². The molecule has 0 saturated heterocycles. The normalized spacial score (nSPS) is 11.5. The fraction of sp³-hybridized carbons (Fsp3) is 0.125. The molecule has 25 heavy (non-hydrogen) atoms. The first-order valence-electron chi connectivity index (χ1n) is 7.08. The summed E-state index contributed by atoms with van der Waals surface area (Å²) in [5, 5.41) is 3.74. The van der Waals surface area contributed by atoms with E-state index in [0.29, 0.717) is 11.3 Å². The maximum atomic E-state index is 12.7. The third-order valence-corrected chi connectivity index (χ3v) is 3.35. The van der Waals surface area contributed by atoms with Crippen molar-refractivity contribution in [3.8, 4) is 11.6 Å². The first-order valence-corrected chi connectivity index (χ1v) is 7.08. The lowest BCUT2D eigenvalue weighted by Gasteiger charge is -2.07. The van der Waals surface area contributed by atoms with Gasteiger partial charge in [-0.25, -0.2) is 0 Å². The second-order valence-corrected chi connectivity index (χ2v) is 5.19. The zero-order chi connectivity index (χ0) is 18.0. The van der Waals surface area contributed by atoms with Crippen LogP contribution in [0.15, 0.2) is 47.1 Å². The van der Waals surface area contributed by atoms with Gasteiger partial charge in [-0.1, -0.05) is 23.4 Å². The minimum Gasteiger partial charge on any atom is -0.366 e. The van der Waals surface area contributed by atoms with E-state index in [4.69, 9.17) is 10.3 Å². The average Bonchev–Trinajstić information content (AvgIpc) is 3.03. The molecule has 0 radical (unpaired) electrons. The molecule has 0 saturated carbocycles. The second kappa shape index (κ2) is 6.34. The third kappa shape index (κ3) is 3.82. The van der Waals surface area contributed by atoms with Gasteiger partial charge < -0.3 is 10.3 Å². The van der Waals surface area contributed by atoms with Gasteiger partial charge in [0.2, 0.25) is 5.91 Å². The number of rotatable bonds is 4. The number of carbonyl (C=O) groups excluding carboxylic acids is 1. The predicted molar refractivity (Wildman–Crippen MR) is 80.3 cm³/mol. The Balaban J connectivity index is 1.79. The maximum Gasteiger partial charge on any atom is 0.416 e. The zero-order valence-corrected chi connectivity index (χ0v) is 12.6. The number of halogens is 3. The number of alkyl halides is 3. The van der Waals surface area contributed by atoms with E-state index in [-0.39, 0.29) is 23.7 Å². The highest BCUT2D eigenvalue weighted by Crippen LogP contribution is 2.30. The Morgan fingerprint density at radius 3 is 2.64 bits per heavy atom. The molecule has 2 N–H and O–H groups in total. The monoisotopic (exact) mass is 348 g/mol. The summed E-state index contributed by atoms with van der Waals surface area (Å²) in [5.41, 5.74) is 5.34. The van der Waals surface area contributed by atoms with Gasteiger partial charge in [0, 0.05) is 12.6 Å². The van der Waals surface area contributed by atoms with Crippen LogP contribution < -0.4 is 5.73 Å². The Hall–Kier alpha value is -3.23. The number of primary amides is 1. The van der Waals surface area contributed by atoms with Crippen LogP contribution in [-0.2, 0) is 12.6 Å². The smallest absolute Gasteiger partial charge is 0.366 e. The molecule has 6 nitrogen and oxygen atoms in total. The number of aromatic nitrogens is 3. The molecule has 3 aromatic rings. The number of pyridine rings is 1. The summed E-state index contributed by atoms with van der Waals surface area (Å²) in [6.07, 6.45) is -3.06. The van der Waals surface area contributed by atoms with Crippen LogP contribution in [0, 0.1) is 0 Å². The number of hydrogen-bond acceptors (Lipinski definition) is 5. The van der Waals surface area contributed by atoms with E-state index in [1.165, 1.54) is 24.4 Å². The minimum absolute atomic E-state index is 0.0762. The number of benzene rings is 1. The Bertz CT molecular complexity index is 904. The lowest BCUT2D eigenvalue weighted by atomic mass is 10.1. The highest BCUT2D eigenvalue weighted by atomic mass is 19.4. The molecule has 1 amide bonds. The van der Waals surface area contributed by atoms with Crippen molar-refractivity contribution < 1.29 is 22.5 Å². The van der Waals surface area contributed by atoms with Crippen LogP contribution in [-0.4, -0.2) is 21.0 Å². The van der Waals surface area contributed by atoms with Gasteiger partial charge in [0.1, 0.15) is 5.69 Å². The van der Waals surface area contributed by atoms with Crippen LogP contribution >= 0.6 is 0 Å². The molecule has 3 rings (SSSR count). The molecule has 0 bridgehead atoms. The Morgan fingerprint density at radius 1 is 1.20 bits per heavy atom. The highest BCUT2D eigenvalue weighted by molar-refractivity contribution is 5.92. The Kier molecular flexibility index (Phi) is 4.22. The number of nitrogens with zero attached hydrogens (tertiary/aromatic N) is 3. The molecular formula is C16H11F3N4O2. The lowest BCUT2D eigenvalue weighted by Crippen LogP contribution is -2.10. The molecule has 0 aliphatic heterocycles. The van der Waals surface area contributed by atoms with E-state index in [1.54, 1.807) is 6.07 Å². The molecule has 0 spiro atoms. The molecule has 9 heteroatoms. The largest absolute Gasteiger partial charge is 0.416 e. The summed E-state index contributed by atoms with van der Waals surface area (Å²) in [4.78, 5) is 19.1. The molecule has 0 unspecified atom stereocenters. The van der Waals surface area contributed by atoms with Crippen LogP contribution in [0.3, 0.4) is 0 Å². The van der Waals surface area contributed by atoms with Gasteiger partial charge >= 0.3 is 6.18 Å². The van der Waals surface area contributed by atoms with Gasteiger partial charge in [0.15, 0.2) is 5.82 Å². The van der Waals surface area contributed by atoms with E-state index >= 15 is 0 Å². The van der Waals surface area contributed by atoms with Crippen LogP contribution in [0.5, 0.6) is 0 Å². The highest BCUT2D eigenvalue weighted by Gasteiger charge is 2.30. The van der Waals surface area contributed by atoms with Crippen molar-refractivity contribution in [2.24, 2.45) is 5.73 Å². The lowest BCUT2D eigenvalue weighted by molar-refractivity contribution is -0.137. The predicted octanol–water partition coefficient (Wildman–Crippen LogP) is 2.84. The summed E-state index contributed by atoms with van der Waals surface area (Å²) < 4.78 is 43.3. The molecule has 0 fully saturated rings. The molecule has 0 atom stereocenters. The van der Waals surface area contributed by atoms with Crippen LogP contribution in [0.4, 0.5) is 13.2 Å². The number of amides is 1. The number of nitrogens with two attached hydrogens (primary N) is 1. The molecule has 0 aliphatic rings. The van der Waals surface area contributed by atoms with Crippen molar-refractivity contribution in [1.29, 1.82) is 0 Å². The van der Waals surface area contributed by atoms with Crippen molar-refractivity contribution in [3.63, 3.8) is 0 Å². The molecule has 2 aromatic heterocycles. The molecule has 128 valence electrons. The average molecular weight is 348 g/mol. The van der Waals surface area contributed by atoms with Crippen molar-refractivity contribution in [1.82, 2.24) is 15.1 Å². The Morgan fingerprint density at radius 2 is 2.00 bits per heavy atom. The molecule has 0 aliphatic carbocycles. The quantitative estimate of drug-likeness (QED) is 0.782. The van der Waals surface area contributed by atoms with E-state index in [9.17, 15) is 18.0 Å². The number of hydrogen-bond donors (Lipinski definition) is 1. The molecule has 1 aromatic carbocycles. The van der Waals surface area contributed by atoms with Crippen molar-refractivity contribution in [2.45, 2.75) is 12.6 Å². The van der Waals surface area contributed by atoms with Gasteiger partial charge in [0.25, 0.3) is 5.89 Å².